The molecule has 0 aromatic heterocycles. The predicted molar refractivity (Wildman–Crippen MR) is 67.0 cm³/mol. The van der Waals surface area contributed by atoms with E-state index in [9.17, 15) is 9.59 Å². The number of nitrogens with one attached hydrogen (secondary N) is 1. The van der Waals surface area contributed by atoms with E-state index < -0.39 is 5.54 Å². The maximum atomic E-state index is 11.7. The third kappa shape index (κ3) is 4.36. The molecule has 0 aliphatic heterocycles. The van der Waals surface area contributed by atoms with Crippen molar-refractivity contribution < 1.29 is 9.59 Å². The van der Waals surface area contributed by atoms with Gasteiger partial charge in [-0.15, -0.1) is 0 Å². The first-order valence-electron chi connectivity index (χ1n) is 5.48. The number of hydrogen-bond acceptors (Lipinski definition) is 3. The van der Waals surface area contributed by atoms with Crippen LogP contribution in [-0.4, -0.2) is 23.8 Å². The van der Waals surface area contributed by atoms with Gasteiger partial charge >= 0.3 is 0 Å². The predicted octanol–water partition coefficient (Wildman–Crippen LogP) is 1.36. The Kier molecular flexibility index (Phi) is 4.02. The molecule has 92 valence electrons. The molecule has 3 N–H and O–H groups in total. The van der Waals surface area contributed by atoms with Gasteiger partial charge in [-0.3, -0.25) is 9.59 Å². The smallest absolute Gasteiger partial charge is 0.251 e. The molecule has 1 amide bonds. The molecule has 0 bridgehead atoms. The third-order valence-electron chi connectivity index (χ3n) is 2.26. The van der Waals surface area contributed by atoms with Gasteiger partial charge in [0.1, 0.15) is 0 Å². The SMILES string of the molecule is CC(=O)c1ccc(C(=O)NCC(C)(C)N)cc1. The standard InChI is InChI=1S/C13H18N2O2/c1-9(16)10-4-6-11(7-5-10)12(17)15-8-13(2,3)14/h4-7H,8,14H2,1-3H3,(H,15,17). The van der Waals surface area contributed by atoms with E-state index in [1.807, 2.05) is 13.8 Å². The number of carbonyl (C=O) groups excluding carboxylic acids is 2. The highest BCUT2D eigenvalue weighted by Gasteiger charge is 2.13. The molecule has 0 fully saturated rings. The van der Waals surface area contributed by atoms with Crippen LogP contribution in [0.4, 0.5) is 0 Å². The Bertz CT molecular complexity index is 416. The van der Waals surface area contributed by atoms with Gasteiger partial charge in [-0.2, -0.15) is 0 Å². The van der Waals surface area contributed by atoms with Crippen molar-refractivity contribution in [1.82, 2.24) is 5.32 Å². The molecular formula is C13H18N2O2. The second kappa shape index (κ2) is 5.10. The molecule has 0 heterocycles. The van der Waals surface area contributed by atoms with Crippen molar-refractivity contribution in [2.45, 2.75) is 26.3 Å². The fraction of sp³-hybridized carbons (Fsp3) is 0.385. The summed E-state index contributed by atoms with van der Waals surface area (Å²) in [6.45, 7) is 5.57. The Hall–Kier alpha value is -1.68. The first-order chi connectivity index (χ1) is 7.79. The minimum Gasteiger partial charge on any atom is -0.350 e. The van der Waals surface area contributed by atoms with Gasteiger partial charge in [0.25, 0.3) is 5.91 Å². The Morgan fingerprint density at radius 3 is 2.06 bits per heavy atom. The molecule has 1 aromatic rings. The van der Waals surface area contributed by atoms with Crippen LogP contribution < -0.4 is 11.1 Å². The third-order valence-corrected chi connectivity index (χ3v) is 2.26. The molecule has 4 heteroatoms. The van der Waals surface area contributed by atoms with E-state index in [0.29, 0.717) is 17.7 Å². The molecular weight excluding hydrogens is 216 g/mol. The molecule has 0 aliphatic carbocycles. The van der Waals surface area contributed by atoms with Gasteiger partial charge in [0.05, 0.1) is 0 Å². The number of amides is 1. The van der Waals surface area contributed by atoms with Crippen molar-refractivity contribution in [1.29, 1.82) is 0 Å². The minimum atomic E-state index is -0.436. The van der Waals surface area contributed by atoms with E-state index in [1.165, 1.54) is 6.92 Å². The summed E-state index contributed by atoms with van der Waals surface area (Å²) in [4.78, 5) is 22.8. The average Bonchev–Trinajstić information content (AvgIpc) is 2.25. The van der Waals surface area contributed by atoms with Crippen molar-refractivity contribution in [2.75, 3.05) is 6.54 Å². The molecule has 0 aliphatic rings. The van der Waals surface area contributed by atoms with Crippen LogP contribution in [0.15, 0.2) is 24.3 Å². The van der Waals surface area contributed by atoms with E-state index >= 15 is 0 Å². The second-order valence-corrected chi connectivity index (χ2v) is 4.80. The van der Waals surface area contributed by atoms with Crippen molar-refractivity contribution in [3.8, 4) is 0 Å². The lowest BCUT2D eigenvalue weighted by molar-refractivity contribution is 0.0944. The van der Waals surface area contributed by atoms with Crippen LogP contribution in [0.3, 0.4) is 0 Å². The van der Waals surface area contributed by atoms with E-state index in [-0.39, 0.29) is 11.7 Å². The average molecular weight is 234 g/mol. The first kappa shape index (κ1) is 13.4. The molecule has 0 radical (unpaired) electrons. The number of carbonyl (C=O) groups is 2. The van der Waals surface area contributed by atoms with Gasteiger partial charge in [0.15, 0.2) is 5.78 Å². The van der Waals surface area contributed by atoms with Gasteiger partial charge in [-0.1, -0.05) is 12.1 Å². The van der Waals surface area contributed by atoms with Crippen LogP contribution in [0.2, 0.25) is 0 Å². The van der Waals surface area contributed by atoms with Crippen LogP contribution in [0.5, 0.6) is 0 Å². The fourth-order valence-corrected chi connectivity index (χ4v) is 1.27. The lowest BCUT2D eigenvalue weighted by Crippen LogP contribution is -2.45. The Morgan fingerprint density at radius 1 is 1.18 bits per heavy atom. The Morgan fingerprint density at radius 2 is 1.65 bits per heavy atom. The van der Waals surface area contributed by atoms with E-state index in [2.05, 4.69) is 5.32 Å². The zero-order valence-electron chi connectivity index (χ0n) is 10.4. The van der Waals surface area contributed by atoms with Gasteiger partial charge in [0.2, 0.25) is 0 Å². The molecule has 0 unspecified atom stereocenters. The minimum absolute atomic E-state index is 0.0138. The van der Waals surface area contributed by atoms with Crippen molar-refractivity contribution in [2.24, 2.45) is 5.73 Å². The summed E-state index contributed by atoms with van der Waals surface area (Å²) in [6.07, 6.45) is 0. The first-order valence-corrected chi connectivity index (χ1v) is 5.48. The number of Topliss-reactive ketones (excluding diaryl/α,β-unsaturated/α-hetero) is 1. The Labute approximate surface area is 101 Å². The van der Waals surface area contributed by atoms with Crippen LogP contribution >= 0.6 is 0 Å². The molecule has 0 spiro atoms. The number of nitrogens with two attached hydrogens (primary N) is 1. The molecule has 4 nitrogen and oxygen atoms in total. The Balaban J connectivity index is 2.67. The number of hydrogen-bond donors (Lipinski definition) is 2. The summed E-state index contributed by atoms with van der Waals surface area (Å²) in [5.41, 5.74) is 6.46. The second-order valence-electron chi connectivity index (χ2n) is 4.80. The summed E-state index contributed by atoms with van der Waals surface area (Å²) in [5.74, 6) is -0.196. The van der Waals surface area contributed by atoms with Gasteiger partial charge in [-0.25, -0.2) is 0 Å². The van der Waals surface area contributed by atoms with Crippen LogP contribution in [-0.2, 0) is 0 Å². The summed E-state index contributed by atoms with van der Waals surface area (Å²) in [6, 6.07) is 6.56. The number of rotatable bonds is 4. The monoisotopic (exact) mass is 234 g/mol. The summed E-state index contributed by atoms with van der Waals surface area (Å²) >= 11 is 0. The van der Waals surface area contributed by atoms with Crippen molar-refractivity contribution in [3.05, 3.63) is 35.4 Å². The van der Waals surface area contributed by atoms with E-state index in [1.54, 1.807) is 24.3 Å². The largest absolute Gasteiger partial charge is 0.350 e. The molecule has 0 atom stereocenters. The highest BCUT2D eigenvalue weighted by Crippen LogP contribution is 2.05. The summed E-state index contributed by atoms with van der Waals surface area (Å²) < 4.78 is 0. The van der Waals surface area contributed by atoms with Crippen LogP contribution in [0.25, 0.3) is 0 Å². The summed E-state index contributed by atoms with van der Waals surface area (Å²) in [7, 11) is 0. The van der Waals surface area contributed by atoms with Gasteiger partial charge in [0, 0.05) is 23.2 Å². The molecule has 1 rings (SSSR count). The fourth-order valence-electron chi connectivity index (χ4n) is 1.27. The quantitative estimate of drug-likeness (QED) is 0.772. The highest BCUT2D eigenvalue weighted by atomic mass is 16.1. The zero-order chi connectivity index (χ0) is 13.1. The van der Waals surface area contributed by atoms with Crippen molar-refractivity contribution >= 4 is 11.7 Å². The van der Waals surface area contributed by atoms with Crippen molar-refractivity contribution in [3.63, 3.8) is 0 Å². The lowest BCUT2D eigenvalue weighted by Gasteiger charge is -2.18. The zero-order valence-corrected chi connectivity index (χ0v) is 10.4. The maximum absolute atomic E-state index is 11.7. The van der Waals surface area contributed by atoms with Crippen LogP contribution in [0, 0.1) is 0 Å². The molecule has 0 saturated heterocycles. The molecule has 0 saturated carbocycles. The number of ketones is 1. The lowest BCUT2D eigenvalue weighted by atomic mass is 10.1. The highest BCUT2D eigenvalue weighted by molar-refractivity contribution is 5.97. The van der Waals surface area contributed by atoms with Gasteiger partial charge in [-0.05, 0) is 32.9 Å². The molecule has 17 heavy (non-hydrogen) atoms. The normalized spacial score (nSPS) is 11.1. The summed E-state index contributed by atoms with van der Waals surface area (Å²) in [5, 5.41) is 2.74. The van der Waals surface area contributed by atoms with Crippen LogP contribution in [0.1, 0.15) is 41.5 Å². The van der Waals surface area contributed by atoms with Gasteiger partial charge < -0.3 is 11.1 Å². The van der Waals surface area contributed by atoms with E-state index in [4.69, 9.17) is 5.73 Å². The molecule has 1 aromatic carbocycles. The number of benzene rings is 1. The maximum Gasteiger partial charge on any atom is 0.251 e. The topological polar surface area (TPSA) is 72.2 Å². The van der Waals surface area contributed by atoms with E-state index in [0.717, 1.165) is 0 Å².